The molecule has 0 aromatic heterocycles. The minimum absolute atomic E-state index is 0.0622. The van der Waals surface area contributed by atoms with Gasteiger partial charge >= 0.3 is 0 Å². The monoisotopic (exact) mass is 324 g/mol. The van der Waals surface area contributed by atoms with Gasteiger partial charge in [0.2, 0.25) is 0 Å². The molecule has 0 unspecified atom stereocenters. The molecule has 0 aliphatic rings. The van der Waals surface area contributed by atoms with Gasteiger partial charge in [0.15, 0.2) is 18.1 Å². The summed E-state index contributed by atoms with van der Waals surface area (Å²) < 4.78 is 10.8. The Balaban J connectivity index is 2.60. The Bertz CT molecular complexity index is 510. The zero-order valence-corrected chi connectivity index (χ0v) is 14.6. The van der Waals surface area contributed by atoms with E-state index in [1.807, 2.05) is 32.9 Å². The van der Waals surface area contributed by atoms with Gasteiger partial charge in [-0.1, -0.05) is 6.07 Å². The molecule has 0 saturated heterocycles. The normalized spacial score (nSPS) is 12.6. The van der Waals surface area contributed by atoms with Crippen LogP contribution in [0.5, 0.6) is 11.5 Å². The zero-order chi connectivity index (χ0) is 17.5. The van der Waals surface area contributed by atoms with E-state index >= 15 is 0 Å². The van der Waals surface area contributed by atoms with Gasteiger partial charge in [0.25, 0.3) is 5.91 Å². The standard InChI is InChI=1S/C17H28N2O4/c1-12(20)9-18-10-13-6-7-14(15(8-13)22-5)23-11-16(21)19-17(2,3)4/h6-8,12,18,20H,9-11H2,1-5H3,(H,19,21)/t12-/m1/s1. The molecule has 23 heavy (non-hydrogen) atoms. The molecule has 1 aromatic rings. The molecule has 0 saturated carbocycles. The number of benzene rings is 1. The van der Waals surface area contributed by atoms with Crippen molar-refractivity contribution < 1.29 is 19.4 Å². The molecule has 0 radical (unpaired) electrons. The lowest BCUT2D eigenvalue weighted by atomic mass is 10.1. The van der Waals surface area contributed by atoms with E-state index in [-0.39, 0.29) is 24.2 Å². The molecule has 0 spiro atoms. The number of aliphatic hydroxyl groups excluding tert-OH is 1. The molecule has 0 aliphatic carbocycles. The number of amides is 1. The van der Waals surface area contributed by atoms with Crippen LogP contribution in [0.1, 0.15) is 33.3 Å². The highest BCUT2D eigenvalue weighted by Gasteiger charge is 2.15. The largest absolute Gasteiger partial charge is 0.493 e. The SMILES string of the molecule is COc1cc(CNC[C@@H](C)O)ccc1OCC(=O)NC(C)(C)C. The second-order valence-electron chi connectivity index (χ2n) is 6.55. The van der Waals surface area contributed by atoms with E-state index < -0.39 is 0 Å². The molecule has 0 aliphatic heterocycles. The van der Waals surface area contributed by atoms with Crippen LogP contribution in [0.25, 0.3) is 0 Å². The number of nitrogens with one attached hydrogen (secondary N) is 2. The molecule has 0 fully saturated rings. The molecule has 1 atom stereocenters. The fourth-order valence-corrected chi connectivity index (χ4v) is 1.96. The summed E-state index contributed by atoms with van der Waals surface area (Å²) in [6.45, 7) is 8.56. The van der Waals surface area contributed by atoms with Crippen molar-refractivity contribution in [2.45, 2.75) is 45.9 Å². The van der Waals surface area contributed by atoms with E-state index in [1.165, 1.54) is 0 Å². The van der Waals surface area contributed by atoms with E-state index in [1.54, 1.807) is 20.1 Å². The third-order valence-electron chi connectivity index (χ3n) is 2.87. The van der Waals surface area contributed by atoms with Crippen molar-refractivity contribution >= 4 is 5.91 Å². The van der Waals surface area contributed by atoms with E-state index in [0.29, 0.717) is 24.6 Å². The molecule has 0 bridgehead atoms. The fourth-order valence-electron chi connectivity index (χ4n) is 1.96. The van der Waals surface area contributed by atoms with Crippen LogP contribution in [-0.4, -0.2) is 42.9 Å². The van der Waals surface area contributed by atoms with Crippen LogP contribution < -0.4 is 20.1 Å². The van der Waals surface area contributed by atoms with Crippen molar-refractivity contribution in [3.8, 4) is 11.5 Å². The average molecular weight is 324 g/mol. The van der Waals surface area contributed by atoms with E-state index in [2.05, 4.69) is 10.6 Å². The molecule has 6 heteroatoms. The van der Waals surface area contributed by atoms with Crippen LogP contribution in [0, 0.1) is 0 Å². The average Bonchev–Trinajstić information content (AvgIpc) is 2.43. The number of ether oxygens (including phenoxy) is 2. The molecular weight excluding hydrogens is 296 g/mol. The number of carbonyl (C=O) groups excluding carboxylic acids is 1. The second-order valence-corrected chi connectivity index (χ2v) is 6.55. The Morgan fingerprint density at radius 3 is 2.57 bits per heavy atom. The molecule has 130 valence electrons. The number of carbonyl (C=O) groups is 1. The molecule has 0 heterocycles. The lowest BCUT2D eigenvalue weighted by molar-refractivity contribution is -0.124. The minimum Gasteiger partial charge on any atom is -0.493 e. The number of hydrogen-bond acceptors (Lipinski definition) is 5. The first-order chi connectivity index (χ1) is 10.7. The van der Waals surface area contributed by atoms with Crippen LogP contribution in [-0.2, 0) is 11.3 Å². The lowest BCUT2D eigenvalue weighted by Gasteiger charge is -2.20. The van der Waals surface area contributed by atoms with Crippen molar-refractivity contribution in [3.05, 3.63) is 23.8 Å². The number of aliphatic hydroxyl groups is 1. The van der Waals surface area contributed by atoms with Crippen molar-refractivity contribution in [2.75, 3.05) is 20.3 Å². The van der Waals surface area contributed by atoms with Crippen molar-refractivity contribution in [3.63, 3.8) is 0 Å². The number of hydrogen-bond donors (Lipinski definition) is 3. The first kappa shape index (κ1) is 19.3. The highest BCUT2D eigenvalue weighted by atomic mass is 16.5. The number of rotatable bonds is 8. The van der Waals surface area contributed by atoms with Gasteiger partial charge in [0.1, 0.15) is 0 Å². The summed E-state index contributed by atoms with van der Waals surface area (Å²) >= 11 is 0. The van der Waals surface area contributed by atoms with Crippen LogP contribution in [0.15, 0.2) is 18.2 Å². The Hall–Kier alpha value is -1.79. The van der Waals surface area contributed by atoms with Crippen LogP contribution in [0.3, 0.4) is 0 Å². The zero-order valence-electron chi connectivity index (χ0n) is 14.6. The summed E-state index contributed by atoms with van der Waals surface area (Å²) in [6, 6.07) is 5.53. The molecule has 1 aromatic carbocycles. The van der Waals surface area contributed by atoms with Crippen molar-refractivity contribution in [2.24, 2.45) is 0 Å². The molecule has 3 N–H and O–H groups in total. The van der Waals surface area contributed by atoms with E-state index in [0.717, 1.165) is 5.56 Å². The van der Waals surface area contributed by atoms with Crippen molar-refractivity contribution in [1.82, 2.24) is 10.6 Å². The van der Waals surface area contributed by atoms with Crippen LogP contribution in [0.4, 0.5) is 0 Å². The first-order valence-electron chi connectivity index (χ1n) is 7.71. The highest BCUT2D eigenvalue weighted by Crippen LogP contribution is 2.28. The smallest absolute Gasteiger partial charge is 0.258 e. The van der Waals surface area contributed by atoms with E-state index in [4.69, 9.17) is 9.47 Å². The summed E-state index contributed by atoms with van der Waals surface area (Å²) in [5.74, 6) is 0.919. The Morgan fingerprint density at radius 1 is 1.30 bits per heavy atom. The summed E-state index contributed by atoms with van der Waals surface area (Å²) in [7, 11) is 1.56. The van der Waals surface area contributed by atoms with Gasteiger partial charge < -0.3 is 25.2 Å². The van der Waals surface area contributed by atoms with Gasteiger partial charge in [-0.05, 0) is 45.4 Å². The predicted molar refractivity (Wildman–Crippen MR) is 89.8 cm³/mol. The third kappa shape index (κ3) is 7.85. The molecule has 1 rings (SSSR count). The quantitative estimate of drug-likeness (QED) is 0.675. The first-order valence-corrected chi connectivity index (χ1v) is 7.71. The summed E-state index contributed by atoms with van der Waals surface area (Å²) in [5.41, 5.74) is 0.721. The summed E-state index contributed by atoms with van der Waals surface area (Å²) in [6.07, 6.45) is -0.388. The minimum atomic E-state index is -0.388. The molecule has 1 amide bonds. The topological polar surface area (TPSA) is 79.8 Å². The lowest BCUT2D eigenvalue weighted by Crippen LogP contribution is -2.43. The maximum atomic E-state index is 11.8. The van der Waals surface area contributed by atoms with Gasteiger partial charge in [-0.3, -0.25) is 4.79 Å². The Morgan fingerprint density at radius 2 is 2.00 bits per heavy atom. The van der Waals surface area contributed by atoms with E-state index in [9.17, 15) is 9.90 Å². The fraction of sp³-hybridized carbons (Fsp3) is 0.588. The van der Waals surface area contributed by atoms with Crippen LogP contribution in [0.2, 0.25) is 0 Å². The Labute approximate surface area is 138 Å². The predicted octanol–water partition coefficient (Wildman–Crippen LogP) is 1.46. The summed E-state index contributed by atoms with van der Waals surface area (Å²) in [5, 5.41) is 15.2. The third-order valence-corrected chi connectivity index (χ3v) is 2.87. The van der Waals surface area contributed by atoms with Gasteiger partial charge in [-0.25, -0.2) is 0 Å². The second kappa shape index (κ2) is 8.74. The maximum Gasteiger partial charge on any atom is 0.258 e. The van der Waals surface area contributed by atoms with Gasteiger partial charge in [-0.2, -0.15) is 0 Å². The number of methoxy groups -OCH3 is 1. The van der Waals surface area contributed by atoms with Crippen molar-refractivity contribution in [1.29, 1.82) is 0 Å². The highest BCUT2D eigenvalue weighted by molar-refractivity contribution is 5.78. The van der Waals surface area contributed by atoms with Crippen LogP contribution >= 0.6 is 0 Å². The van der Waals surface area contributed by atoms with Gasteiger partial charge in [-0.15, -0.1) is 0 Å². The Kier molecular flexibility index (Phi) is 7.32. The summed E-state index contributed by atoms with van der Waals surface area (Å²) in [4.78, 5) is 11.8. The van der Waals surface area contributed by atoms with Gasteiger partial charge in [0, 0.05) is 18.6 Å². The maximum absolute atomic E-state index is 11.8. The molecule has 6 nitrogen and oxygen atoms in total. The van der Waals surface area contributed by atoms with Gasteiger partial charge in [0.05, 0.1) is 13.2 Å². The molecular formula is C17H28N2O4.